The van der Waals surface area contributed by atoms with Gasteiger partial charge in [-0.25, -0.2) is 9.59 Å². The van der Waals surface area contributed by atoms with E-state index < -0.39 is 11.9 Å². The average Bonchev–Trinajstić information content (AvgIpc) is 3.33. The summed E-state index contributed by atoms with van der Waals surface area (Å²) in [4.78, 5) is 24.1. The highest BCUT2D eigenvalue weighted by atomic mass is 32.2. The van der Waals surface area contributed by atoms with Crippen LogP contribution in [0.5, 0.6) is 0 Å². The second-order valence-corrected chi connectivity index (χ2v) is 9.69. The third-order valence-corrected chi connectivity index (χ3v) is 7.73. The van der Waals surface area contributed by atoms with E-state index in [9.17, 15) is 9.59 Å². The van der Waals surface area contributed by atoms with Crippen molar-refractivity contribution in [3.05, 3.63) is 68.9 Å². The Kier molecular flexibility index (Phi) is 14.1. The van der Waals surface area contributed by atoms with E-state index in [0.717, 1.165) is 21.2 Å². The molecule has 1 aliphatic heterocycles. The van der Waals surface area contributed by atoms with Gasteiger partial charge in [0.15, 0.2) is 11.1 Å². The molecule has 0 aliphatic carbocycles. The molecular weight excluding hydrogens is 537 g/mol. The van der Waals surface area contributed by atoms with E-state index in [1.165, 1.54) is 49.5 Å². The predicted octanol–water partition coefficient (Wildman–Crippen LogP) is 5.29. The van der Waals surface area contributed by atoms with Gasteiger partial charge in [0, 0.05) is 15.5 Å². The van der Waals surface area contributed by atoms with E-state index in [0.29, 0.717) is 9.27 Å². The number of rotatable bonds is 4. The number of nitrogens with zero attached hydrogens (tertiary/aromatic N) is 2. The maximum Gasteiger partial charge on any atom is 0.351 e. The van der Waals surface area contributed by atoms with Gasteiger partial charge >= 0.3 is 11.9 Å². The number of thioether (sulfide) groups is 3. The molecule has 0 amide bonds. The maximum absolute atomic E-state index is 11.3. The van der Waals surface area contributed by atoms with Crippen LogP contribution in [0.4, 0.5) is 11.4 Å². The Morgan fingerprint density at radius 3 is 2.00 bits per heavy atom. The highest BCUT2D eigenvalue weighted by molar-refractivity contribution is 8.21. The highest BCUT2D eigenvalue weighted by Crippen LogP contribution is 2.41. The summed E-state index contributed by atoms with van der Waals surface area (Å²) in [5.41, 5.74) is 7.16. The van der Waals surface area contributed by atoms with Gasteiger partial charge in [0.1, 0.15) is 17.2 Å². The van der Waals surface area contributed by atoms with Crippen molar-refractivity contribution in [2.24, 2.45) is 0 Å². The number of anilines is 2. The van der Waals surface area contributed by atoms with Crippen molar-refractivity contribution in [1.82, 2.24) is 0 Å². The van der Waals surface area contributed by atoms with Crippen LogP contribution in [0.25, 0.3) is 0 Å². The molecule has 3 rings (SSSR count). The Labute approximate surface area is 228 Å². The van der Waals surface area contributed by atoms with E-state index in [-0.39, 0.29) is 11.1 Å². The average molecular weight is 561 g/mol. The number of thiol groups is 1. The van der Waals surface area contributed by atoms with Crippen molar-refractivity contribution in [2.75, 3.05) is 37.8 Å². The summed E-state index contributed by atoms with van der Waals surface area (Å²) in [5.74, 6) is -1.19. The third kappa shape index (κ3) is 9.13. The minimum absolute atomic E-state index is 0.00343. The Morgan fingerprint density at radius 2 is 1.56 bits per heavy atom. The molecule has 0 aromatic heterocycles. The molecule has 1 aliphatic rings. The molecule has 8 nitrogen and oxygen atoms in total. The van der Waals surface area contributed by atoms with Gasteiger partial charge in [0.05, 0.1) is 24.1 Å². The summed E-state index contributed by atoms with van der Waals surface area (Å²) in [5, 5.41) is 21.1. The van der Waals surface area contributed by atoms with Gasteiger partial charge in [-0.2, -0.15) is 10.5 Å². The summed E-state index contributed by atoms with van der Waals surface area (Å²) in [6, 6.07) is 18.7. The van der Waals surface area contributed by atoms with Crippen LogP contribution in [0.1, 0.15) is 0 Å². The van der Waals surface area contributed by atoms with Crippen molar-refractivity contribution in [2.45, 2.75) is 9.79 Å². The predicted molar refractivity (Wildman–Crippen MR) is 150 cm³/mol. The first kappa shape index (κ1) is 30.9. The van der Waals surface area contributed by atoms with Crippen molar-refractivity contribution >= 4 is 71.2 Å². The number of benzene rings is 2. The van der Waals surface area contributed by atoms with Gasteiger partial charge in [0.2, 0.25) is 0 Å². The molecule has 2 aromatic carbocycles. The lowest BCUT2D eigenvalue weighted by molar-refractivity contribution is -0.136. The van der Waals surface area contributed by atoms with Crippen LogP contribution in [0.3, 0.4) is 0 Å². The summed E-state index contributed by atoms with van der Waals surface area (Å²) >= 11 is 8.16. The van der Waals surface area contributed by atoms with Crippen LogP contribution in [0, 0.1) is 22.7 Å². The van der Waals surface area contributed by atoms with Crippen LogP contribution < -0.4 is 11.1 Å². The number of nitriles is 2. The van der Waals surface area contributed by atoms with Crippen molar-refractivity contribution in [3.8, 4) is 12.1 Å². The largest absolute Gasteiger partial charge is 0.465 e. The molecule has 0 saturated heterocycles. The molecule has 0 bridgehead atoms. The Morgan fingerprint density at radius 1 is 0.972 bits per heavy atom. The number of nitrogen functional groups attached to an aromatic ring is 1. The van der Waals surface area contributed by atoms with Gasteiger partial charge in [-0.3, -0.25) is 0 Å². The van der Waals surface area contributed by atoms with Crippen LogP contribution in [-0.4, -0.2) is 38.7 Å². The first-order valence-corrected chi connectivity index (χ1v) is 13.6. The molecule has 188 valence electrons. The third-order valence-electron chi connectivity index (χ3n) is 4.09. The number of methoxy groups -OCH3 is 2. The number of carbonyl (C=O) groups is 2. The highest BCUT2D eigenvalue weighted by Gasteiger charge is 2.23. The molecule has 36 heavy (non-hydrogen) atoms. The number of nitrogens with two attached hydrogens (primary N) is 1. The Bertz CT molecular complexity index is 1180. The maximum atomic E-state index is 11.3. The van der Waals surface area contributed by atoms with Crippen molar-refractivity contribution in [1.29, 1.82) is 10.5 Å². The number of hydrogen-bond acceptors (Lipinski definition) is 12. The first-order valence-electron chi connectivity index (χ1n) is 9.88. The topological polar surface area (TPSA) is 138 Å². The molecule has 2 aromatic rings. The fraction of sp³-hybridized carbons (Fsp3) is 0.167. The second kappa shape index (κ2) is 16.5. The van der Waals surface area contributed by atoms with E-state index in [2.05, 4.69) is 27.4 Å². The monoisotopic (exact) mass is 560 g/mol. The SMILES string of the molecule is COC(=O)/C(C#N)=C1/Nc2ccccc2S1.COC(=O)C(C#N)=C(SC)SC.Nc1ccccc1S. The zero-order valence-corrected chi connectivity index (χ0v) is 23.2. The molecule has 0 fully saturated rings. The number of hydrogen-bond donors (Lipinski definition) is 3. The molecule has 0 radical (unpaired) electrons. The zero-order chi connectivity index (χ0) is 27.1. The normalized spacial score (nSPS) is 11.9. The van der Waals surface area contributed by atoms with Gasteiger partial charge in [-0.1, -0.05) is 36.0 Å². The number of ether oxygens (including phenoxy) is 2. The number of nitrogens with one attached hydrogen (secondary N) is 1. The van der Waals surface area contributed by atoms with Crippen LogP contribution in [-0.2, 0) is 19.1 Å². The molecule has 1 heterocycles. The Balaban J connectivity index is 0.000000287. The second-order valence-electron chi connectivity index (χ2n) is 6.26. The number of esters is 2. The van der Waals surface area contributed by atoms with Crippen molar-refractivity contribution in [3.63, 3.8) is 0 Å². The lowest BCUT2D eigenvalue weighted by atomic mass is 10.3. The summed E-state index contributed by atoms with van der Waals surface area (Å²) in [7, 11) is 2.52. The van der Waals surface area contributed by atoms with Gasteiger partial charge in [0.25, 0.3) is 0 Å². The standard InChI is InChI=1S/C11H8N2O2S.C7H9NO2S2.C6H7NS/c1-15-11(14)7(6-12)10-13-8-4-2-3-5-9(8)16-10;1-10-6(9)5(4-8)7(11-2)12-3;7-5-3-1-2-4-6(5)8/h2-5,13H,1H3;1-3H3;1-4,8H,7H2/b10-7-;;. The van der Waals surface area contributed by atoms with Crippen LogP contribution in [0.2, 0.25) is 0 Å². The smallest absolute Gasteiger partial charge is 0.351 e. The van der Waals surface area contributed by atoms with E-state index in [4.69, 9.17) is 16.3 Å². The fourth-order valence-electron chi connectivity index (χ4n) is 2.37. The van der Waals surface area contributed by atoms with E-state index >= 15 is 0 Å². The minimum atomic E-state index is -0.620. The van der Waals surface area contributed by atoms with Gasteiger partial charge in [-0.15, -0.1) is 36.2 Å². The molecule has 12 heteroatoms. The fourth-order valence-corrected chi connectivity index (χ4v) is 4.85. The van der Waals surface area contributed by atoms with Gasteiger partial charge < -0.3 is 20.5 Å². The molecule has 0 unspecified atom stereocenters. The van der Waals surface area contributed by atoms with Crippen LogP contribution >= 0.6 is 47.9 Å². The van der Waals surface area contributed by atoms with Crippen molar-refractivity contribution < 1.29 is 19.1 Å². The summed E-state index contributed by atoms with van der Waals surface area (Å²) < 4.78 is 9.67. The summed E-state index contributed by atoms with van der Waals surface area (Å²) in [6.45, 7) is 0. The molecule has 0 saturated carbocycles. The van der Waals surface area contributed by atoms with E-state index in [1.807, 2.05) is 73.2 Å². The quantitative estimate of drug-likeness (QED) is 0.148. The lowest BCUT2D eigenvalue weighted by Gasteiger charge is -2.01. The lowest BCUT2D eigenvalue weighted by Crippen LogP contribution is -2.07. The molecule has 0 atom stereocenters. The van der Waals surface area contributed by atoms with Crippen LogP contribution in [0.15, 0.2) is 78.7 Å². The first-order chi connectivity index (χ1) is 17.3. The number of carbonyl (C=O) groups excluding carboxylic acids is 2. The molecule has 3 N–H and O–H groups in total. The van der Waals surface area contributed by atoms with E-state index in [1.54, 1.807) is 0 Å². The zero-order valence-electron chi connectivity index (χ0n) is 19.9. The minimum Gasteiger partial charge on any atom is -0.465 e. The molecule has 0 spiro atoms. The summed E-state index contributed by atoms with van der Waals surface area (Å²) in [6.07, 6.45) is 3.62. The number of para-hydroxylation sites is 2. The van der Waals surface area contributed by atoms with Gasteiger partial charge in [-0.05, 0) is 36.8 Å². The molecular formula is C24H24N4O4S4. The number of fused-ring (bicyclic) bond motifs is 1. The Hall–Kier alpha value is -3.16.